The molecule has 1 fully saturated rings. The molecule has 0 aromatic heterocycles. The third kappa shape index (κ3) is 4.94. The van der Waals surface area contributed by atoms with E-state index >= 15 is 0 Å². The Bertz CT molecular complexity index is 619. The SMILES string of the molecule is CN(CCCNC(=O)C1CCCN1S(C)(=O)=O)c1ccccc1. The highest BCUT2D eigenvalue weighted by Gasteiger charge is 2.36. The Labute approximate surface area is 138 Å². The normalized spacial score (nSPS) is 18.8. The number of nitrogens with one attached hydrogen (secondary N) is 1. The van der Waals surface area contributed by atoms with Crippen LogP contribution >= 0.6 is 0 Å². The van der Waals surface area contributed by atoms with Crippen molar-refractivity contribution in [2.75, 3.05) is 37.8 Å². The van der Waals surface area contributed by atoms with Gasteiger partial charge in [-0.1, -0.05) is 18.2 Å². The maximum absolute atomic E-state index is 12.2. The van der Waals surface area contributed by atoms with Gasteiger partial charge in [0.25, 0.3) is 0 Å². The largest absolute Gasteiger partial charge is 0.375 e. The molecule has 128 valence electrons. The van der Waals surface area contributed by atoms with Gasteiger partial charge in [-0.25, -0.2) is 8.42 Å². The molecule has 7 heteroatoms. The summed E-state index contributed by atoms with van der Waals surface area (Å²) >= 11 is 0. The zero-order valence-corrected chi connectivity index (χ0v) is 14.6. The minimum atomic E-state index is -3.31. The monoisotopic (exact) mass is 339 g/mol. The second-order valence-electron chi connectivity index (χ2n) is 5.93. The Kier molecular flexibility index (Phi) is 6.01. The van der Waals surface area contributed by atoms with Crippen LogP contribution in [0.3, 0.4) is 0 Å². The Hall–Kier alpha value is -1.60. The third-order valence-electron chi connectivity index (χ3n) is 4.10. The summed E-state index contributed by atoms with van der Waals surface area (Å²) < 4.78 is 24.6. The summed E-state index contributed by atoms with van der Waals surface area (Å²) in [5.74, 6) is -0.185. The van der Waals surface area contributed by atoms with E-state index < -0.39 is 16.1 Å². The second kappa shape index (κ2) is 7.79. The number of anilines is 1. The van der Waals surface area contributed by atoms with Crippen LogP contribution in [-0.4, -0.2) is 57.6 Å². The fraction of sp³-hybridized carbons (Fsp3) is 0.562. The number of sulfonamides is 1. The summed E-state index contributed by atoms with van der Waals surface area (Å²) in [6.07, 6.45) is 3.31. The van der Waals surface area contributed by atoms with Crippen LogP contribution in [0.25, 0.3) is 0 Å². The zero-order valence-electron chi connectivity index (χ0n) is 13.7. The zero-order chi connectivity index (χ0) is 16.9. The van der Waals surface area contributed by atoms with Crippen molar-refractivity contribution in [3.05, 3.63) is 30.3 Å². The van der Waals surface area contributed by atoms with E-state index in [1.54, 1.807) is 0 Å². The molecule has 0 spiro atoms. The molecule has 1 amide bonds. The van der Waals surface area contributed by atoms with Gasteiger partial charge in [-0.05, 0) is 31.4 Å². The first-order chi connectivity index (χ1) is 10.9. The van der Waals surface area contributed by atoms with Gasteiger partial charge in [0.05, 0.1) is 6.26 Å². The highest BCUT2D eigenvalue weighted by atomic mass is 32.2. The van der Waals surface area contributed by atoms with Crippen LogP contribution in [-0.2, 0) is 14.8 Å². The molecule has 23 heavy (non-hydrogen) atoms. The summed E-state index contributed by atoms with van der Waals surface area (Å²) in [6, 6.07) is 9.51. The van der Waals surface area contributed by atoms with Crippen LogP contribution in [0.5, 0.6) is 0 Å². The summed E-state index contributed by atoms with van der Waals surface area (Å²) in [5.41, 5.74) is 1.14. The first kappa shape index (κ1) is 17.7. The van der Waals surface area contributed by atoms with Crippen molar-refractivity contribution in [2.45, 2.75) is 25.3 Å². The molecule has 0 bridgehead atoms. The Morgan fingerprint density at radius 2 is 2.04 bits per heavy atom. The molecule has 2 rings (SSSR count). The molecule has 1 aromatic rings. The molecule has 0 radical (unpaired) electrons. The van der Waals surface area contributed by atoms with Crippen molar-refractivity contribution < 1.29 is 13.2 Å². The molecule has 1 saturated heterocycles. The fourth-order valence-corrected chi connectivity index (χ4v) is 3.98. The van der Waals surface area contributed by atoms with Gasteiger partial charge >= 0.3 is 0 Å². The minimum Gasteiger partial charge on any atom is -0.375 e. The van der Waals surface area contributed by atoms with E-state index in [0.717, 1.165) is 31.3 Å². The predicted octanol–water partition coefficient (Wildman–Crippen LogP) is 1.05. The number of nitrogens with zero attached hydrogens (tertiary/aromatic N) is 2. The van der Waals surface area contributed by atoms with Crippen molar-refractivity contribution in [3.63, 3.8) is 0 Å². The van der Waals surface area contributed by atoms with Crippen LogP contribution in [0.4, 0.5) is 5.69 Å². The van der Waals surface area contributed by atoms with Gasteiger partial charge in [0, 0.05) is 32.4 Å². The number of hydrogen-bond acceptors (Lipinski definition) is 4. The number of carbonyl (C=O) groups is 1. The maximum Gasteiger partial charge on any atom is 0.238 e. The maximum atomic E-state index is 12.2. The molecule has 1 N–H and O–H groups in total. The van der Waals surface area contributed by atoms with E-state index in [-0.39, 0.29) is 5.91 Å². The van der Waals surface area contributed by atoms with E-state index in [0.29, 0.717) is 19.5 Å². The van der Waals surface area contributed by atoms with Gasteiger partial charge in [0.2, 0.25) is 15.9 Å². The molecule has 1 aliphatic heterocycles. The van der Waals surface area contributed by atoms with Crippen LogP contribution in [0.15, 0.2) is 30.3 Å². The highest BCUT2D eigenvalue weighted by Crippen LogP contribution is 2.20. The van der Waals surface area contributed by atoms with Crippen LogP contribution in [0.2, 0.25) is 0 Å². The van der Waals surface area contributed by atoms with E-state index in [1.807, 2.05) is 37.4 Å². The lowest BCUT2D eigenvalue weighted by Crippen LogP contribution is -2.45. The fourth-order valence-electron chi connectivity index (χ4n) is 2.86. The predicted molar refractivity (Wildman–Crippen MR) is 91.9 cm³/mol. The van der Waals surface area contributed by atoms with Gasteiger partial charge < -0.3 is 10.2 Å². The highest BCUT2D eigenvalue weighted by molar-refractivity contribution is 7.88. The van der Waals surface area contributed by atoms with Crippen molar-refractivity contribution >= 4 is 21.6 Å². The smallest absolute Gasteiger partial charge is 0.238 e. The number of amides is 1. The molecule has 0 aliphatic carbocycles. The average Bonchev–Trinajstić information content (AvgIpc) is 3.02. The standard InChI is InChI=1S/C16H25N3O3S/c1-18(14-8-4-3-5-9-14)12-7-11-17-16(20)15-10-6-13-19(15)23(2,21)22/h3-5,8-9,15H,6-7,10-13H2,1-2H3,(H,17,20). The lowest BCUT2D eigenvalue weighted by Gasteiger charge is -2.22. The van der Waals surface area contributed by atoms with Crippen LogP contribution in [0.1, 0.15) is 19.3 Å². The van der Waals surface area contributed by atoms with E-state index in [2.05, 4.69) is 10.2 Å². The molecule has 1 aromatic carbocycles. The second-order valence-corrected chi connectivity index (χ2v) is 7.87. The Balaban J connectivity index is 1.75. The molecule has 6 nitrogen and oxygen atoms in total. The molecular formula is C16H25N3O3S. The van der Waals surface area contributed by atoms with Crippen molar-refractivity contribution in [2.24, 2.45) is 0 Å². The van der Waals surface area contributed by atoms with Gasteiger partial charge in [0.1, 0.15) is 6.04 Å². The summed E-state index contributed by atoms with van der Waals surface area (Å²) in [6.45, 7) is 1.81. The molecule has 1 atom stereocenters. The van der Waals surface area contributed by atoms with Gasteiger partial charge in [-0.3, -0.25) is 4.79 Å². The number of benzene rings is 1. The van der Waals surface area contributed by atoms with Crippen molar-refractivity contribution in [1.82, 2.24) is 9.62 Å². The van der Waals surface area contributed by atoms with E-state index in [1.165, 1.54) is 4.31 Å². The summed E-state index contributed by atoms with van der Waals surface area (Å²) in [7, 11) is -1.30. The average molecular weight is 339 g/mol. The molecule has 1 aliphatic rings. The van der Waals surface area contributed by atoms with E-state index in [9.17, 15) is 13.2 Å². The summed E-state index contributed by atoms with van der Waals surface area (Å²) in [5, 5.41) is 2.86. The molecule has 0 saturated carbocycles. The first-order valence-electron chi connectivity index (χ1n) is 7.90. The van der Waals surface area contributed by atoms with Crippen LogP contribution in [0, 0.1) is 0 Å². The van der Waals surface area contributed by atoms with Crippen LogP contribution < -0.4 is 10.2 Å². The molecule has 1 heterocycles. The lowest BCUT2D eigenvalue weighted by atomic mass is 10.2. The van der Waals surface area contributed by atoms with Gasteiger partial charge in [0.15, 0.2) is 0 Å². The number of para-hydroxylation sites is 1. The quantitative estimate of drug-likeness (QED) is 0.754. The van der Waals surface area contributed by atoms with Gasteiger partial charge in [-0.2, -0.15) is 4.31 Å². The molecular weight excluding hydrogens is 314 g/mol. The van der Waals surface area contributed by atoms with Crippen molar-refractivity contribution in [3.8, 4) is 0 Å². The first-order valence-corrected chi connectivity index (χ1v) is 9.75. The minimum absolute atomic E-state index is 0.185. The third-order valence-corrected chi connectivity index (χ3v) is 5.39. The number of carbonyl (C=O) groups excluding carboxylic acids is 1. The van der Waals surface area contributed by atoms with E-state index in [4.69, 9.17) is 0 Å². The topological polar surface area (TPSA) is 69.7 Å². The number of hydrogen-bond donors (Lipinski definition) is 1. The summed E-state index contributed by atoms with van der Waals surface area (Å²) in [4.78, 5) is 14.3. The molecule has 1 unspecified atom stereocenters. The van der Waals surface area contributed by atoms with Gasteiger partial charge in [-0.15, -0.1) is 0 Å². The number of rotatable bonds is 7. The Morgan fingerprint density at radius 3 is 2.70 bits per heavy atom. The lowest BCUT2D eigenvalue weighted by molar-refractivity contribution is -0.124. The van der Waals surface area contributed by atoms with Crippen molar-refractivity contribution in [1.29, 1.82) is 0 Å². The Morgan fingerprint density at radius 1 is 1.35 bits per heavy atom.